The molecule has 1 fully saturated rings. The molecule has 70 valence electrons. The van der Waals surface area contributed by atoms with E-state index in [0.717, 1.165) is 11.8 Å². The average Bonchev–Trinajstić information content (AvgIpc) is 2.74. The van der Waals surface area contributed by atoms with E-state index in [1.807, 2.05) is 0 Å². The zero-order chi connectivity index (χ0) is 8.81. The molecule has 2 unspecified atom stereocenters. The van der Waals surface area contributed by atoms with Crippen molar-refractivity contribution in [2.75, 3.05) is 0 Å². The Morgan fingerprint density at radius 2 is 2.00 bits per heavy atom. The SMILES string of the molecule is CC=CCCCCCC1CC1C. The smallest absolute Gasteiger partial charge is 0.0351 e. The van der Waals surface area contributed by atoms with Gasteiger partial charge in [-0.05, 0) is 38.0 Å². The molecule has 0 aliphatic heterocycles. The van der Waals surface area contributed by atoms with Gasteiger partial charge >= 0.3 is 0 Å². The molecule has 0 aromatic rings. The molecule has 12 heavy (non-hydrogen) atoms. The fourth-order valence-electron chi connectivity index (χ4n) is 1.81. The van der Waals surface area contributed by atoms with Gasteiger partial charge in [-0.3, -0.25) is 0 Å². The van der Waals surface area contributed by atoms with Crippen molar-refractivity contribution < 1.29 is 0 Å². The van der Waals surface area contributed by atoms with E-state index in [2.05, 4.69) is 26.0 Å². The minimum Gasteiger partial charge on any atom is -0.0917 e. The van der Waals surface area contributed by atoms with Crippen molar-refractivity contribution in [1.82, 2.24) is 0 Å². The van der Waals surface area contributed by atoms with Crippen LogP contribution in [0, 0.1) is 11.8 Å². The summed E-state index contributed by atoms with van der Waals surface area (Å²) in [5.41, 5.74) is 0. The van der Waals surface area contributed by atoms with Gasteiger partial charge in [0.25, 0.3) is 0 Å². The van der Waals surface area contributed by atoms with Crippen LogP contribution < -0.4 is 0 Å². The van der Waals surface area contributed by atoms with Gasteiger partial charge in [0.15, 0.2) is 0 Å². The Morgan fingerprint density at radius 3 is 2.58 bits per heavy atom. The first-order valence-electron chi connectivity index (χ1n) is 5.45. The van der Waals surface area contributed by atoms with Crippen molar-refractivity contribution >= 4 is 0 Å². The summed E-state index contributed by atoms with van der Waals surface area (Å²) in [6.45, 7) is 4.48. The molecular weight excluding hydrogens is 144 g/mol. The Kier molecular flexibility index (Phi) is 4.42. The van der Waals surface area contributed by atoms with E-state index in [9.17, 15) is 0 Å². The first-order valence-corrected chi connectivity index (χ1v) is 5.45. The van der Waals surface area contributed by atoms with E-state index in [4.69, 9.17) is 0 Å². The Bertz CT molecular complexity index is 135. The van der Waals surface area contributed by atoms with Crippen LogP contribution >= 0.6 is 0 Å². The zero-order valence-electron chi connectivity index (χ0n) is 8.55. The number of hydrogen-bond donors (Lipinski definition) is 0. The highest BCUT2D eigenvalue weighted by Crippen LogP contribution is 2.41. The second-order valence-corrected chi connectivity index (χ2v) is 4.18. The number of unbranched alkanes of at least 4 members (excludes halogenated alkanes) is 3. The molecule has 0 aromatic heterocycles. The Labute approximate surface area is 77.1 Å². The Hall–Kier alpha value is -0.260. The fourth-order valence-corrected chi connectivity index (χ4v) is 1.81. The van der Waals surface area contributed by atoms with Gasteiger partial charge in [0.05, 0.1) is 0 Å². The molecule has 0 saturated heterocycles. The first-order chi connectivity index (χ1) is 5.84. The van der Waals surface area contributed by atoms with Gasteiger partial charge in [0.2, 0.25) is 0 Å². The molecule has 0 N–H and O–H groups in total. The van der Waals surface area contributed by atoms with Crippen LogP contribution in [0.1, 0.15) is 52.4 Å². The van der Waals surface area contributed by atoms with Crippen LogP contribution in [0.3, 0.4) is 0 Å². The molecule has 1 rings (SSSR count). The lowest BCUT2D eigenvalue weighted by atomic mass is 10.1. The summed E-state index contributed by atoms with van der Waals surface area (Å²) in [4.78, 5) is 0. The van der Waals surface area contributed by atoms with E-state index in [0.29, 0.717) is 0 Å². The summed E-state index contributed by atoms with van der Waals surface area (Å²) < 4.78 is 0. The lowest BCUT2D eigenvalue weighted by Gasteiger charge is -1.97. The van der Waals surface area contributed by atoms with Crippen molar-refractivity contribution in [3.8, 4) is 0 Å². The van der Waals surface area contributed by atoms with Crippen LogP contribution in [0.15, 0.2) is 12.2 Å². The summed E-state index contributed by atoms with van der Waals surface area (Å²) in [5, 5.41) is 0. The highest BCUT2D eigenvalue weighted by Gasteiger charge is 2.31. The molecule has 0 radical (unpaired) electrons. The Morgan fingerprint density at radius 1 is 1.25 bits per heavy atom. The lowest BCUT2D eigenvalue weighted by molar-refractivity contribution is 0.584. The molecule has 1 aliphatic carbocycles. The third kappa shape index (κ3) is 3.94. The molecule has 1 aliphatic rings. The molecule has 0 aromatic carbocycles. The van der Waals surface area contributed by atoms with E-state index < -0.39 is 0 Å². The summed E-state index contributed by atoms with van der Waals surface area (Å²) in [6, 6.07) is 0. The molecule has 0 nitrogen and oxygen atoms in total. The van der Waals surface area contributed by atoms with Gasteiger partial charge in [-0.25, -0.2) is 0 Å². The molecule has 0 heteroatoms. The van der Waals surface area contributed by atoms with Gasteiger partial charge in [-0.15, -0.1) is 0 Å². The molecule has 0 amide bonds. The molecule has 1 saturated carbocycles. The molecule has 0 bridgehead atoms. The molecule has 2 atom stereocenters. The van der Waals surface area contributed by atoms with Crippen LogP contribution in [0.5, 0.6) is 0 Å². The molecule has 0 spiro atoms. The maximum Gasteiger partial charge on any atom is -0.0351 e. The molecular formula is C12H22. The quantitative estimate of drug-likeness (QED) is 0.410. The first kappa shape index (κ1) is 9.83. The van der Waals surface area contributed by atoms with Crippen LogP contribution in [0.25, 0.3) is 0 Å². The normalized spacial score (nSPS) is 28.2. The van der Waals surface area contributed by atoms with Crippen molar-refractivity contribution in [3.05, 3.63) is 12.2 Å². The molecule has 0 heterocycles. The largest absolute Gasteiger partial charge is 0.0917 e. The third-order valence-corrected chi connectivity index (χ3v) is 2.96. The van der Waals surface area contributed by atoms with Crippen LogP contribution in [0.2, 0.25) is 0 Å². The van der Waals surface area contributed by atoms with Gasteiger partial charge in [0.1, 0.15) is 0 Å². The monoisotopic (exact) mass is 166 g/mol. The van der Waals surface area contributed by atoms with Crippen molar-refractivity contribution in [1.29, 1.82) is 0 Å². The average molecular weight is 166 g/mol. The van der Waals surface area contributed by atoms with Crippen molar-refractivity contribution in [2.24, 2.45) is 11.8 Å². The van der Waals surface area contributed by atoms with Gasteiger partial charge in [-0.1, -0.05) is 38.3 Å². The Balaban J connectivity index is 1.77. The van der Waals surface area contributed by atoms with E-state index in [1.165, 1.54) is 38.5 Å². The number of hydrogen-bond acceptors (Lipinski definition) is 0. The predicted molar refractivity (Wildman–Crippen MR) is 55.2 cm³/mol. The lowest BCUT2D eigenvalue weighted by Crippen LogP contribution is -1.81. The minimum atomic E-state index is 1.06. The number of rotatable bonds is 6. The number of allylic oxidation sites excluding steroid dienone is 2. The van der Waals surface area contributed by atoms with E-state index in [-0.39, 0.29) is 0 Å². The highest BCUT2D eigenvalue weighted by atomic mass is 14.4. The van der Waals surface area contributed by atoms with Crippen molar-refractivity contribution in [2.45, 2.75) is 52.4 Å². The standard InChI is InChI=1S/C12H22/c1-3-4-5-6-7-8-9-12-10-11(12)2/h3-4,11-12H,5-10H2,1-2H3. The van der Waals surface area contributed by atoms with Gasteiger partial charge < -0.3 is 0 Å². The fraction of sp³-hybridized carbons (Fsp3) is 0.833. The summed E-state index contributed by atoms with van der Waals surface area (Å²) in [7, 11) is 0. The van der Waals surface area contributed by atoms with Crippen molar-refractivity contribution in [3.63, 3.8) is 0 Å². The second kappa shape index (κ2) is 5.40. The van der Waals surface area contributed by atoms with Gasteiger partial charge in [0, 0.05) is 0 Å². The van der Waals surface area contributed by atoms with Gasteiger partial charge in [-0.2, -0.15) is 0 Å². The highest BCUT2D eigenvalue weighted by molar-refractivity contribution is 4.82. The van der Waals surface area contributed by atoms with E-state index in [1.54, 1.807) is 0 Å². The predicted octanol–water partition coefficient (Wildman–Crippen LogP) is 4.17. The summed E-state index contributed by atoms with van der Waals surface area (Å²) in [5.74, 6) is 2.16. The summed E-state index contributed by atoms with van der Waals surface area (Å²) >= 11 is 0. The maximum absolute atomic E-state index is 2.38. The zero-order valence-corrected chi connectivity index (χ0v) is 8.55. The maximum atomic E-state index is 2.38. The minimum absolute atomic E-state index is 1.06. The topological polar surface area (TPSA) is 0 Å². The van der Waals surface area contributed by atoms with Crippen LogP contribution in [0.4, 0.5) is 0 Å². The van der Waals surface area contributed by atoms with E-state index >= 15 is 0 Å². The van der Waals surface area contributed by atoms with Crippen LogP contribution in [-0.4, -0.2) is 0 Å². The second-order valence-electron chi connectivity index (χ2n) is 4.18. The summed E-state index contributed by atoms with van der Waals surface area (Å²) in [6.07, 6.45) is 13.0. The third-order valence-electron chi connectivity index (χ3n) is 2.96. The van der Waals surface area contributed by atoms with Crippen LogP contribution in [-0.2, 0) is 0 Å².